The number of benzene rings is 3. The van der Waals surface area contributed by atoms with Gasteiger partial charge in [0, 0.05) is 6.07 Å². The number of carbonyl (C=O) groups is 1. The second-order valence-electron chi connectivity index (χ2n) is 8.10. The minimum Gasteiger partial charge on any atom is -0.481 e. The summed E-state index contributed by atoms with van der Waals surface area (Å²) in [5.41, 5.74) is 1.03. The third kappa shape index (κ3) is 5.52. The molecule has 7 heteroatoms. The van der Waals surface area contributed by atoms with Gasteiger partial charge in [-0.25, -0.2) is 8.78 Å². The second kappa shape index (κ2) is 9.10. The van der Waals surface area contributed by atoms with Crippen LogP contribution < -0.4 is 0 Å². The van der Waals surface area contributed by atoms with Crippen molar-refractivity contribution < 1.29 is 31.9 Å². The summed E-state index contributed by atoms with van der Waals surface area (Å²) in [5.74, 6) is -3.47. The lowest BCUT2D eigenvalue weighted by atomic mass is 9.86. The summed E-state index contributed by atoms with van der Waals surface area (Å²) >= 11 is 0. The van der Waals surface area contributed by atoms with Gasteiger partial charge in [-0.05, 0) is 70.5 Å². The predicted octanol–water partition coefficient (Wildman–Crippen LogP) is 7.53. The lowest BCUT2D eigenvalue weighted by Crippen LogP contribution is -2.14. The van der Waals surface area contributed by atoms with Crippen molar-refractivity contribution in [3.05, 3.63) is 83.4 Å². The Hall–Kier alpha value is -3.22. The number of hydrogen-bond donors (Lipinski definition) is 1. The number of carboxylic acid groups (broad SMARTS) is 1. The summed E-state index contributed by atoms with van der Waals surface area (Å²) < 4.78 is 66.4. The monoisotopic (exact) mass is 448 g/mol. The molecule has 1 atom stereocenters. The number of alkyl halides is 3. The standard InChI is InChI=1S/C25H21F5O2/c1-14(2)7-23(24(31)32)19-9-16(15-3-5-20(6-4-15)25(28,29)30)8-17(10-19)18-11-21(26)13-22(27)12-18/h3-6,8-14,23H,7H2,1-2H3,(H,31,32). The number of rotatable bonds is 6. The Bertz CT molecular complexity index is 1100. The minimum atomic E-state index is -4.49. The first kappa shape index (κ1) is 23.4. The molecule has 0 saturated heterocycles. The molecule has 0 spiro atoms. The molecule has 0 aliphatic rings. The highest BCUT2D eigenvalue weighted by Gasteiger charge is 2.30. The summed E-state index contributed by atoms with van der Waals surface area (Å²) in [5, 5.41) is 9.77. The average molecular weight is 448 g/mol. The van der Waals surface area contributed by atoms with E-state index in [1.54, 1.807) is 18.2 Å². The maximum Gasteiger partial charge on any atom is 0.416 e. The van der Waals surface area contributed by atoms with Gasteiger partial charge < -0.3 is 5.11 Å². The van der Waals surface area contributed by atoms with E-state index in [0.29, 0.717) is 28.7 Å². The molecule has 0 aliphatic heterocycles. The molecule has 0 radical (unpaired) electrons. The summed E-state index contributed by atoms with van der Waals surface area (Å²) in [4.78, 5) is 11.9. The smallest absolute Gasteiger partial charge is 0.416 e. The highest BCUT2D eigenvalue weighted by Crippen LogP contribution is 2.36. The molecule has 32 heavy (non-hydrogen) atoms. The Morgan fingerprint density at radius 1 is 0.812 bits per heavy atom. The zero-order chi connectivity index (χ0) is 23.6. The zero-order valence-electron chi connectivity index (χ0n) is 17.4. The first-order valence-electron chi connectivity index (χ1n) is 9.96. The van der Waals surface area contributed by atoms with Gasteiger partial charge in [0.05, 0.1) is 11.5 Å². The van der Waals surface area contributed by atoms with Crippen molar-refractivity contribution in [1.82, 2.24) is 0 Å². The van der Waals surface area contributed by atoms with Crippen molar-refractivity contribution in [2.24, 2.45) is 5.92 Å². The molecule has 168 valence electrons. The Balaban J connectivity index is 2.19. The third-order valence-electron chi connectivity index (χ3n) is 5.10. The topological polar surface area (TPSA) is 37.3 Å². The van der Waals surface area contributed by atoms with Crippen molar-refractivity contribution in [2.75, 3.05) is 0 Å². The fraction of sp³-hybridized carbons (Fsp3) is 0.240. The van der Waals surface area contributed by atoms with Crippen molar-refractivity contribution in [2.45, 2.75) is 32.4 Å². The quantitative estimate of drug-likeness (QED) is 0.396. The molecule has 0 amide bonds. The highest BCUT2D eigenvalue weighted by molar-refractivity contribution is 5.80. The van der Waals surface area contributed by atoms with E-state index in [-0.39, 0.29) is 11.5 Å². The Labute approximate surface area is 182 Å². The van der Waals surface area contributed by atoms with E-state index < -0.39 is 35.3 Å². The van der Waals surface area contributed by atoms with Crippen LogP contribution in [0.5, 0.6) is 0 Å². The molecule has 0 heterocycles. The van der Waals surface area contributed by atoms with Crippen molar-refractivity contribution in [3.8, 4) is 22.3 Å². The lowest BCUT2D eigenvalue weighted by molar-refractivity contribution is -0.139. The molecule has 3 rings (SSSR count). The van der Waals surface area contributed by atoms with E-state index in [0.717, 1.165) is 30.3 Å². The first-order chi connectivity index (χ1) is 14.9. The molecule has 0 fully saturated rings. The molecule has 2 nitrogen and oxygen atoms in total. The van der Waals surface area contributed by atoms with Gasteiger partial charge in [0.1, 0.15) is 11.6 Å². The Morgan fingerprint density at radius 2 is 1.31 bits per heavy atom. The Morgan fingerprint density at radius 3 is 1.78 bits per heavy atom. The van der Waals surface area contributed by atoms with Gasteiger partial charge in [-0.2, -0.15) is 13.2 Å². The third-order valence-corrected chi connectivity index (χ3v) is 5.10. The van der Waals surface area contributed by atoms with Gasteiger partial charge in [0.2, 0.25) is 0 Å². The maximum absolute atomic E-state index is 13.8. The van der Waals surface area contributed by atoms with Gasteiger partial charge in [-0.15, -0.1) is 0 Å². The van der Waals surface area contributed by atoms with Crippen LogP contribution in [0.4, 0.5) is 22.0 Å². The van der Waals surface area contributed by atoms with E-state index in [2.05, 4.69) is 0 Å². The van der Waals surface area contributed by atoms with Gasteiger partial charge in [0.25, 0.3) is 0 Å². The molecule has 0 aliphatic carbocycles. The summed E-state index contributed by atoms with van der Waals surface area (Å²) in [7, 11) is 0. The first-order valence-corrected chi connectivity index (χ1v) is 9.96. The average Bonchev–Trinajstić information content (AvgIpc) is 2.70. The van der Waals surface area contributed by atoms with Crippen LogP contribution in [0.15, 0.2) is 60.7 Å². The van der Waals surface area contributed by atoms with E-state index in [1.165, 1.54) is 12.1 Å². The fourth-order valence-corrected chi connectivity index (χ4v) is 3.61. The van der Waals surface area contributed by atoms with Crippen LogP contribution in [-0.4, -0.2) is 11.1 Å². The molecule has 1 N–H and O–H groups in total. The van der Waals surface area contributed by atoms with Gasteiger partial charge in [-0.1, -0.05) is 38.1 Å². The van der Waals surface area contributed by atoms with Crippen molar-refractivity contribution in [3.63, 3.8) is 0 Å². The second-order valence-corrected chi connectivity index (χ2v) is 8.10. The van der Waals surface area contributed by atoms with Gasteiger partial charge in [-0.3, -0.25) is 4.79 Å². The number of carboxylic acids is 1. The summed E-state index contributed by atoms with van der Waals surface area (Å²) in [6.45, 7) is 3.75. The molecule has 1 unspecified atom stereocenters. The Kier molecular flexibility index (Phi) is 6.67. The fourth-order valence-electron chi connectivity index (χ4n) is 3.61. The van der Waals surface area contributed by atoms with Gasteiger partial charge >= 0.3 is 12.1 Å². The van der Waals surface area contributed by atoms with Crippen LogP contribution in [0, 0.1) is 17.6 Å². The number of halogens is 5. The molecule has 0 saturated carbocycles. The van der Waals surface area contributed by atoms with Crippen LogP contribution in [0.3, 0.4) is 0 Å². The lowest BCUT2D eigenvalue weighted by Gasteiger charge is -2.18. The van der Waals surface area contributed by atoms with E-state index in [9.17, 15) is 31.9 Å². The van der Waals surface area contributed by atoms with E-state index >= 15 is 0 Å². The summed E-state index contributed by atoms with van der Waals surface area (Å²) in [6.07, 6.45) is -4.17. The van der Waals surface area contributed by atoms with Crippen LogP contribution in [0.1, 0.15) is 37.3 Å². The van der Waals surface area contributed by atoms with Crippen LogP contribution >= 0.6 is 0 Å². The molecule has 3 aromatic carbocycles. The highest BCUT2D eigenvalue weighted by atomic mass is 19.4. The van der Waals surface area contributed by atoms with Crippen LogP contribution in [-0.2, 0) is 11.0 Å². The SMILES string of the molecule is CC(C)CC(C(=O)O)c1cc(-c2ccc(C(F)(F)F)cc2)cc(-c2cc(F)cc(F)c2)c1. The molecular weight excluding hydrogens is 427 g/mol. The zero-order valence-corrected chi connectivity index (χ0v) is 17.4. The van der Waals surface area contributed by atoms with Crippen molar-refractivity contribution in [1.29, 1.82) is 0 Å². The predicted molar refractivity (Wildman–Crippen MR) is 112 cm³/mol. The summed E-state index contributed by atoms with van der Waals surface area (Å²) in [6, 6.07) is 12.2. The van der Waals surface area contributed by atoms with Gasteiger partial charge in [0.15, 0.2) is 0 Å². The molecule has 0 aromatic heterocycles. The van der Waals surface area contributed by atoms with Crippen molar-refractivity contribution >= 4 is 5.97 Å². The maximum atomic E-state index is 13.8. The normalized spacial score (nSPS) is 12.8. The van der Waals surface area contributed by atoms with Crippen LogP contribution in [0.2, 0.25) is 0 Å². The largest absolute Gasteiger partial charge is 0.481 e. The van der Waals surface area contributed by atoms with Crippen LogP contribution in [0.25, 0.3) is 22.3 Å². The number of aliphatic carboxylic acids is 1. The molecule has 3 aromatic rings. The molecular formula is C25H21F5O2. The molecule has 0 bridgehead atoms. The minimum absolute atomic E-state index is 0.0564. The number of hydrogen-bond acceptors (Lipinski definition) is 1. The van der Waals surface area contributed by atoms with E-state index in [1.807, 2.05) is 13.8 Å². The van der Waals surface area contributed by atoms with E-state index in [4.69, 9.17) is 0 Å².